The van der Waals surface area contributed by atoms with E-state index in [2.05, 4.69) is 10.1 Å². The number of likely N-dealkylation sites (tertiary alicyclic amines) is 1. The van der Waals surface area contributed by atoms with Gasteiger partial charge in [0, 0.05) is 19.4 Å². The number of unbranched alkanes of at least 4 members (excludes halogenated alkanes) is 1. The molecule has 1 aliphatic rings. The van der Waals surface area contributed by atoms with E-state index in [4.69, 9.17) is 4.74 Å². The second-order valence-electron chi connectivity index (χ2n) is 6.96. The fraction of sp³-hybridized carbons (Fsp3) is 0.550. The number of piperidine rings is 1. The molecule has 1 aromatic rings. The van der Waals surface area contributed by atoms with E-state index < -0.39 is 24.3 Å². The highest BCUT2D eigenvalue weighted by atomic mass is 16.6. The Balaban J connectivity index is 1.80. The van der Waals surface area contributed by atoms with E-state index in [1.54, 1.807) is 0 Å². The molecule has 2 rings (SSSR count). The van der Waals surface area contributed by atoms with E-state index >= 15 is 0 Å². The van der Waals surface area contributed by atoms with Gasteiger partial charge in [-0.05, 0) is 18.4 Å². The third-order valence-electron chi connectivity index (χ3n) is 4.70. The standard InChI is InChI=1S/C20H28N2O7/c1-28-18(25)10-6-5-9-17(24)21-15-11-22(12-16(23)19(15)26)20(27)29-13-14-7-3-2-4-8-14/h2-4,7-8,15-16,19,23,26H,5-6,9-13H2,1H3,(H,21,24)/t15-,16-,19+/m0/s1. The van der Waals surface area contributed by atoms with E-state index in [1.165, 1.54) is 12.0 Å². The molecule has 0 bridgehead atoms. The molecule has 0 aromatic heterocycles. The van der Waals surface area contributed by atoms with Gasteiger partial charge in [-0.25, -0.2) is 4.79 Å². The summed E-state index contributed by atoms with van der Waals surface area (Å²) in [5, 5.41) is 22.9. The maximum absolute atomic E-state index is 12.3. The van der Waals surface area contributed by atoms with Crippen LogP contribution >= 0.6 is 0 Å². The molecule has 1 aliphatic heterocycles. The molecule has 29 heavy (non-hydrogen) atoms. The van der Waals surface area contributed by atoms with Crippen LogP contribution in [0.15, 0.2) is 30.3 Å². The van der Waals surface area contributed by atoms with E-state index in [0.717, 1.165) is 5.56 Å². The summed E-state index contributed by atoms with van der Waals surface area (Å²) >= 11 is 0. The average molecular weight is 408 g/mol. The molecule has 3 N–H and O–H groups in total. The van der Waals surface area contributed by atoms with E-state index in [-0.39, 0.29) is 44.4 Å². The number of rotatable bonds is 8. The SMILES string of the molecule is COC(=O)CCCCC(=O)N[C@H]1CN(C(=O)OCc2ccccc2)C[C@H](O)[C@@H]1O. The molecule has 1 heterocycles. The lowest BCUT2D eigenvalue weighted by molar-refractivity contribution is -0.140. The van der Waals surface area contributed by atoms with Crippen molar-refractivity contribution in [3.05, 3.63) is 35.9 Å². The lowest BCUT2D eigenvalue weighted by Crippen LogP contribution is -2.62. The Morgan fingerprint density at radius 3 is 2.48 bits per heavy atom. The lowest BCUT2D eigenvalue weighted by atomic mass is 9.99. The number of esters is 1. The minimum atomic E-state index is -1.20. The van der Waals surface area contributed by atoms with Crippen molar-refractivity contribution >= 4 is 18.0 Å². The summed E-state index contributed by atoms with van der Waals surface area (Å²) in [4.78, 5) is 36.8. The molecule has 9 heteroatoms. The first-order chi connectivity index (χ1) is 13.9. The van der Waals surface area contributed by atoms with Crippen molar-refractivity contribution in [1.82, 2.24) is 10.2 Å². The van der Waals surface area contributed by atoms with Crippen LogP contribution in [0, 0.1) is 0 Å². The maximum Gasteiger partial charge on any atom is 0.410 e. The molecular weight excluding hydrogens is 380 g/mol. The van der Waals surface area contributed by atoms with Crippen LogP contribution in [-0.4, -0.2) is 71.5 Å². The van der Waals surface area contributed by atoms with E-state index in [9.17, 15) is 24.6 Å². The normalized spacial score (nSPS) is 21.3. The zero-order valence-electron chi connectivity index (χ0n) is 16.5. The van der Waals surface area contributed by atoms with Crippen LogP contribution in [0.3, 0.4) is 0 Å². The number of hydrogen-bond acceptors (Lipinski definition) is 7. The highest BCUT2D eigenvalue weighted by Crippen LogP contribution is 2.15. The largest absolute Gasteiger partial charge is 0.469 e. The lowest BCUT2D eigenvalue weighted by Gasteiger charge is -2.38. The minimum absolute atomic E-state index is 0.0275. The van der Waals surface area contributed by atoms with Crippen LogP contribution in [0.1, 0.15) is 31.2 Å². The molecular formula is C20H28N2O7. The molecule has 0 aliphatic carbocycles. The number of ether oxygens (including phenoxy) is 2. The second kappa shape index (κ2) is 11.4. The number of amides is 2. The number of nitrogens with one attached hydrogen (secondary N) is 1. The van der Waals surface area contributed by atoms with Gasteiger partial charge < -0.3 is 29.9 Å². The van der Waals surface area contributed by atoms with E-state index in [0.29, 0.717) is 12.8 Å². The number of carbonyl (C=O) groups is 3. The Kier molecular flexibility index (Phi) is 8.88. The quantitative estimate of drug-likeness (QED) is 0.424. The Morgan fingerprint density at radius 1 is 1.10 bits per heavy atom. The fourth-order valence-electron chi connectivity index (χ4n) is 3.05. The van der Waals surface area contributed by atoms with Gasteiger partial charge in [-0.1, -0.05) is 30.3 Å². The van der Waals surface area contributed by atoms with Gasteiger partial charge in [0.1, 0.15) is 12.7 Å². The molecule has 0 spiro atoms. The fourth-order valence-corrected chi connectivity index (χ4v) is 3.05. The van der Waals surface area contributed by atoms with Crippen molar-refractivity contribution in [3.8, 4) is 0 Å². The van der Waals surface area contributed by atoms with Crippen LogP contribution in [0.4, 0.5) is 4.79 Å². The van der Waals surface area contributed by atoms with Crippen molar-refractivity contribution in [2.75, 3.05) is 20.2 Å². The van der Waals surface area contributed by atoms with Gasteiger partial charge in [-0.3, -0.25) is 9.59 Å². The van der Waals surface area contributed by atoms with Crippen molar-refractivity contribution in [1.29, 1.82) is 0 Å². The monoisotopic (exact) mass is 408 g/mol. The maximum atomic E-state index is 12.3. The Labute approximate surface area is 169 Å². The van der Waals surface area contributed by atoms with Crippen LogP contribution in [0.5, 0.6) is 0 Å². The summed E-state index contributed by atoms with van der Waals surface area (Å²) in [6.45, 7) is 0.0338. The molecule has 2 amide bonds. The summed E-state index contributed by atoms with van der Waals surface area (Å²) in [7, 11) is 1.31. The Bertz CT molecular complexity index is 683. The smallest absolute Gasteiger partial charge is 0.410 e. The summed E-state index contributed by atoms with van der Waals surface area (Å²) in [6.07, 6.45) is -1.63. The molecule has 160 valence electrons. The predicted octanol–water partition coefficient (Wildman–Crippen LogP) is 0.579. The molecule has 1 saturated heterocycles. The van der Waals surface area contributed by atoms with Crippen LogP contribution in [-0.2, 0) is 25.7 Å². The number of benzene rings is 1. The van der Waals surface area contributed by atoms with Gasteiger partial charge in [0.2, 0.25) is 5.91 Å². The third kappa shape index (κ3) is 7.35. The molecule has 9 nitrogen and oxygen atoms in total. The number of nitrogens with zero attached hydrogens (tertiary/aromatic N) is 1. The van der Waals surface area contributed by atoms with Crippen LogP contribution < -0.4 is 5.32 Å². The number of β-amino-alcohol motifs (C(OH)–C–C–N with tert-alkyl or cyclic N) is 1. The van der Waals surface area contributed by atoms with Gasteiger partial charge in [0.15, 0.2) is 0 Å². The Morgan fingerprint density at radius 2 is 1.79 bits per heavy atom. The highest BCUT2D eigenvalue weighted by Gasteiger charge is 2.38. The molecule has 0 radical (unpaired) electrons. The minimum Gasteiger partial charge on any atom is -0.469 e. The second-order valence-corrected chi connectivity index (χ2v) is 6.96. The van der Waals surface area contributed by atoms with Gasteiger partial charge >= 0.3 is 12.1 Å². The van der Waals surface area contributed by atoms with Crippen molar-refractivity contribution in [2.24, 2.45) is 0 Å². The van der Waals surface area contributed by atoms with Crippen molar-refractivity contribution in [2.45, 2.75) is 50.5 Å². The van der Waals surface area contributed by atoms with Gasteiger partial charge in [-0.15, -0.1) is 0 Å². The number of aliphatic hydroxyl groups excluding tert-OH is 2. The summed E-state index contributed by atoms with van der Waals surface area (Å²) in [5.41, 5.74) is 0.829. The van der Waals surface area contributed by atoms with Crippen LogP contribution in [0.2, 0.25) is 0 Å². The highest BCUT2D eigenvalue weighted by molar-refractivity contribution is 5.76. The zero-order chi connectivity index (χ0) is 21.2. The molecule has 1 aromatic carbocycles. The van der Waals surface area contributed by atoms with Gasteiger partial charge in [-0.2, -0.15) is 0 Å². The first kappa shape index (κ1) is 22.6. The van der Waals surface area contributed by atoms with E-state index in [1.807, 2.05) is 30.3 Å². The Hall–Kier alpha value is -2.65. The summed E-state index contributed by atoms with van der Waals surface area (Å²) in [6, 6.07) is 8.37. The number of aliphatic hydroxyl groups is 2. The molecule has 0 unspecified atom stereocenters. The van der Waals surface area contributed by atoms with Crippen molar-refractivity contribution in [3.63, 3.8) is 0 Å². The predicted molar refractivity (Wildman–Crippen MR) is 103 cm³/mol. The molecule has 1 fully saturated rings. The zero-order valence-corrected chi connectivity index (χ0v) is 16.5. The topological polar surface area (TPSA) is 125 Å². The first-order valence-corrected chi connectivity index (χ1v) is 9.58. The average Bonchev–Trinajstić information content (AvgIpc) is 2.73. The first-order valence-electron chi connectivity index (χ1n) is 9.58. The summed E-state index contributed by atoms with van der Waals surface area (Å²) < 4.78 is 9.79. The van der Waals surface area contributed by atoms with Gasteiger partial charge in [0.25, 0.3) is 0 Å². The van der Waals surface area contributed by atoms with Gasteiger partial charge in [0.05, 0.1) is 25.8 Å². The van der Waals surface area contributed by atoms with Crippen molar-refractivity contribution < 1.29 is 34.1 Å². The molecule has 3 atom stereocenters. The van der Waals surface area contributed by atoms with Crippen LogP contribution in [0.25, 0.3) is 0 Å². The number of hydrogen-bond donors (Lipinski definition) is 3. The summed E-state index contributed by atoms with van der Waals surface area (Å²) in [5.74, 6) is -0.661. The number of methoxy groups -OCH3 is 1. The third-order valence-corrected chi connectivity index (χ3v) is 4.70. The molecule has 0 saturated carbocycles. The number of carbonyl (C=O) groups excluding carboxylic acids is 3.